The minimum atomic E-state index is -1.82. The van der Waals surface area contributed by atoms with E-state index in [1.807, 2.05) is 0 Å². The van der Waals surface area contributed by atoms with Gasteiger partial charge in [0.1, 0.15) is 12.0 Å². The fraction of sp³-hybridized carbons (Fsp3) is 0. The van der Waals surface area contributed by atoms with Gasteiger partial charge in [0.15, 0.2) is 0 Å². The summed E-state index contributed by atoms with van der Waals surface area (Å²) in [5.41, 5.74) is 0.275. The predicted octanol–water partition coefficient (Wildman–Crippen LogP) is 4.01. The molecule has 0 aliphatic carbocycles. The molecular formula is C12H4BrF4NO2. The number of hydrogen-bond acceptors (Lipinski definition) is 3. The number of rotatable bonds is 3. The van der Waals surface area contributed by atoms with Gasteiger partial charge in [0.25, 0.3) is 11.9 Å². The minimum Gasteiger partial charge on any atom is -0.450 e. The summed E-state index contributed by atoms with van der Waals surface area (Å²) >= 11 is 3.00. The molecule has 0 atom stereocenters. The van der Waals surface area contributed by atoms with Crippen molar-refractivity contribution in [2.45, 2.75) is 0 Å². The molecule has 0 fully saturated rings. The Morgan fingerprint density at radius 2 is 1.70 bits per heavy atom. The Hall–Kier alpha value is -1.96. The summed E-state index contributed by atoms with van der Waals surface area (Å²) in [6, 6.07) is 3.83. The Bertz CT molecular complexity index is 667. The van der Waals surface area contributed by atoms with Crippen molar-refractivity contribution >= 4 is 22.2 Å². The lowest BCUT2D eigenvalue weighted by Crippen LogP contribution is -2.03. The zero-order chi connectivity index (χ0) is 14.9. The largest absolute Gasteiger partial charge is 0.450 e. The number of carbonyl (C=O) groups is 1. The molecule has 0 aliphatic heterocycles. The first kappa shape index (κ1) is 14.4. The first-order chi connectivity index (χ1) is 9.43. The second-order valence-corrected chi connectivity index (χ2v) is 4.41. The van der Waals surface area contributed by atoms with Crippen LogP contribution in [0.4, 0.5) is 17.6 Å². The van der Waals surface area contributed by atoms with Crippen molar-refractivity contribution in [2.24, 2.45) is 0 Å². The highest BCUT2D eigenvalue weighted by molar-refractivity contribution is 9.10. The molecule has 2 rings (SSSR count). The van der Waals surface area contributed by atoms with Gasteiger partial charge in [0.05, 0.1) is 4.47 Å². The second kappa shape index (κ2) is 5.58. The lowest BCUT2D eigenvalue weighted by molar-refractivity contribution is 0.112. The number of aromatic nitrogens is 1. The molecule has 0 saturated carbocycles. The van der Waals surface area contributed by atoms with Gasteiger partial charge < -0.3 is 4.74 Å². The van der Waals surface area contributed by atoms with Crippen LogP contribution in [0, 0.1) is 23.5 Å². The summed E-state index contributed by atoms with van der Waals surface area (Å²) in [4.78, 5) is 12.9. The van der Waals surface area contributed by atoms with E-state index in [1.165, 1.54) is 18.2 Å². The Morgan fingerprint density at radius 1 is 1.10 bits per heavy atom. The van der Waals surface area contributed by atoms with Gasteiger partial charge in [-0.1, -0.05) is 0 Å². The van der Waals surface area contributed by atoms with Crippen molar-refractivity contribution in [3.63, 3.8) is 0 Å². The molecule has 0 N–H and O–H groups in total. The molecule has 0 radical (unpaired) electrons. The smallest absolute Gasteiger partial charge is 0.255 e. The summed E-state index contributed by atoms with van der Waals surface area (Å²) < 4.78 is 57.5. The Labute approximate surface area is 118 Å². The third kappa shape index (κ3) is 2.64. The quantitative estimate of drug-likeness (QED) is 0.477. The van der Waals surface area contributed by atoms with Crippen LogP contribution < -0.4 is 4.74 Å². The first-order valence-electron chi connectivity index (χ1n) is 5.06. The summed E-state index contributed by atoms with van der Waals surface area (Å²) in [5.74, 6) is -8.53. The van der Waals surface area contributed by atoms with E-state index in [0.717, 1.165) is 0 Å². The minimum absolute atomic E-state index is 0.126. The predicted molar refractivity (Wildman–Crippen MR) is 63.7 cm³/mol. The number of carbonyl (C=O) groups excluding carboxylic acids is 1. The Kier molecular flexibility index (Phi) is 4.03. The second-order valence-electron chi connectivity index (χ2n) is 3.56. The monoisotopic (exact) mass is 349 g/mol. The van der Waals surface area contributed by atoms with Gasteiger partial charge in [-0.05, 0) is 34.1 Å². The zero-order valence-electron chi connectivity index (χ0n) is 9.46. The summed E-state index contributed by atoms with van der Waals surface area (Å²) in [6.07, 6.45) is 0.543. The third-order valence-electron chi connectivity index (χ3n) is 2.26. The number of hydrogen-bond donors (Lipinski definition) is 0. The van der Waals surface area contributed by atoms with Crippen molar-refractivity contribution < 1.29 is 27.1 Å². The molecule has 3 nitrogen and oxygen atoms in total. The van der Waals surface area contributed by atoms with Crippen LogP contribution >= 0.6 is 15.9 Å². The van der Waals surface area contributed by atoms with Gasteiger partial charge in [-0.2, -0.15) is 22.5 Å². The van der Waals surface area contributed by atoms with Gasteiger partial charge >= 0.3 is 0 Å². The van der Waals surface area contributed by atoms with E-state index >= 15 is 0 Å². The van der Waals surface area contributed by atoms with Crippen molar-refractivity contribution in [2.75, 3.05) is 0 Å². The van der Waals surface area contributed by atoms with Crippen molar-refractivity contribution in [3.8, 4) is 11.5 Å². The summed E-state index contributed by atoms with van der Waals surface area (Å²) in [6.45, 7) is 0. The van der Waals surface area contributed by atoms with Gasteiger partial charge in [-0.15, -0.1) is 0 Å². The average Bonchev–Trinajstić information content (AvgIpc) is 2.42. The van der Waals surface area contributed by atoms with E-state index < -0.39 is 29.3 Å². The van der Waals surface area contributed by atoms with Crippen LogP contribution in [0.25, 0.3) is 0 Å². The van der Waals surface area contributed by atoms with Crippen LogP contribution in [0.5, 0.6) is 11.5 Å². The molecule has 0 unspecified atom stereocenters. The Balaban J connectivity index is 2.47. The highest BCUT2D eigenvalue weighted by Crippen LogP contribution is 2.34. The summed E-state index contributed by atoms with van der Waals surface area (Å²) in [7, 11) is 0. The maximum atomic E-state index is 13.4. The van der Waals surface area contributed by atoms with Gasteiger partial charge in [-0.3, -0.25) is 4.79 Å². The normalized spacial score (nSPS) is 10.4. The number of benzene rings is 1. The van der Waals surface area contributed by atoms with Gasteiger partial charge in [-0.25, -0.2) is 0 Å². The topological polar surface area (TPSA) is 39.2 Å². The molecule has 1 aromatic carbocycles. The number of pyridine rings is 1. The molecule has 1 aromatic heterocycles. The number of halogens is 5. The van der Waals surface area contributed by atoms with E-state index in [9.17, 15) is 22.4 Å². The van der Waals surface area contributed by atoms with E-state index in [1.54, 1.807) is 0 Å². The fourth-order valence-electron chi connectivity index (χ4n) is 1.34. The number of nitrogens with zero attached hydrogens (tertiary/aromatic N) is 1. The molecule has 0 aliphatic rings. The lowest BCUT2D eigenvalue weighted by Gasteiger charge is -2.10. The molecule has 0 amide bonds. The SMILES string of the molecule is O=Cc1ccc(Oc2c(F)c(F)nc(F)c2F)c(Br)c1. The van der Waals surface area contributed by atoms with Gasteiger partial charge in [0.2, 0.25) is 17.4 Å². The number of aldehydes is 1. The number of ether oxygens (including phenoxy) is 1. The van der Waals surface area contributed by atoms with E-state index in [-0.39, 0.29) is 15.8 Å². The molecule has 0 spiro atoms. The van der Waals surface area contributed by atoms with E-state index in [0.29, 0.717) is 6.29 Å². The lowest BCUT2D eigenvalue weighted by atomic mass is 10.2. The highest BCUT2D eigenvalue weighted by Gasteiger charge is 2.23. The van der Waals surface area contributed by atoms with Crippen molar-refractivity contribution in [1.82, 2.24) is 4.98 Å². The van der Waals surface area contributed by atoms with Crippen LogP contribution in [-0.2, 0) is 0 Å². The summed E-state index contributed by atoms with van der Waals surface area (Å²) in [5, 5.41) is 0. The van der Waals surface area contributed by atoms with Crippen molar-refractivity contribution in [1.29, 1.82) is 0 Å². The maximum absolute atomic E-state index is 13.4. The van der Waals surface area contributed by atoms with E-state index in [2.05, 4.69) is 20.9 Å². The van der Waals surface area contributed by atoms with Crippen LogP contribution in [0.1, 0.15) is 10.4 Å². The van der Waals surface area contributed by atoms with Crippen LogP contribution in [0.15, 0.2) is 22.7 Å². The standard InChI is InChI=1S/C12H4BrF4NO2/c13-6-3-5(4-19)1-2-7(6)20-10-8(14)11(16)18-12(17)9(10)15/h1-4H. The average molecular weight is 350 g/mol. The molecule has 20 heavy (non-hydrogen) atoms. The van der Waals surface area contributed by atoms with Crippen LogP contribution in [-0.4, -0.2) is 11.3 Å². The van der Waals surface area contributed by atoms with E-state index in [4.69, 9.17) is 4.74 Å². The molecular weight excluding hydrogens is 346 g/mol. The molecule has 1 heterocycles. The molecule has 2 aromatic rings. The molecule has 8 heteroatoms. The first-order valence-corrected chi connectivity index (χ1v) is 5.86. The molecule has 0 bridgehead atoms. The van der Waals surface area contributed by atoms with Crippen LogP contribution in [0.3, 0.4) is 0 Å². The Morgan fingerprint density at radius 3 is 2.20 bits per heavy atom. The zero-order valence-corrected chi connectivity index (χ0v) is 11.0. The molecule has 0 saturated heterocycles. The maximum Gasteiger partial charge on any atom is 0.255 e. The highest BCUT2D eigenvalue weighted by atomic mass is 79.9. The van der Waals surface area contributed by atoms with Crippen molar-refractivity contribution in [3.05, 3.63) is 51.8 Å². The fourth-order valence-corrected chi connectivity index (χ4v) is 1.82. The van der Waals surface area contributed by atoms with Gasteiger partial charge in [0, 0.05) is 5.56 Å². The molecule has 104 valence electrons. The third-order valence-corrected chi connectivity index (χ3v) is 2.88. The van der Waals surface area contributed by atoms with Crippen LogP contribution in [0.2, 0.25) is 0 Å².